The van der Waals surface area contributed by atoms with Gasteiger partial charge in [0.25, 0.3) is 0 Å². The SMILES string of the molecule is CCOCc1ccccc1CNc1c(C)cccc1C#N. The molecule has 21 heavy (non-hydrogen) atoms. The van der Waals surface area contributed by atoms with Gasteiger partial charge in [-0.3, -0.25) is 0 Å². The lowest BCUT2D eigenvalue weighted by atomic mass is 10.1. The van der Waals surface area contributed by atoms with Crippen LogP contribution in [0.25, 0.3) is 0 Å². The summed E-state index contributed by atoms with van der Waals surface area (Å²) >= 11 is 0. The van der Waals surface area contributed by atoms with Crippen molar-refractivity contribution in [3.8, 4) is 6.07 Å². The van der Waals surface area contributed by atoms with Crippen molar-refractivity contribution in [3.63, 3.8) is 0 Å². The van der Waals surface area contributed by atoms with E-state index in [1.54, 1.807) is 0 Å². The van der Waals surface area contributed by atoms with Gasteiger partial charge in [0.15, 0.2) is 0 Å². The van der Waals surface area contributed by atoms with Gasteiger partial charge >= 0.3 is 0 Å². The molecule has 108 valence electrons. The van der Waals surface area contributed by atoms with E-state index in [2.05, 4.69) is 23.5 Å². The summed E-state index contributed by atoms with van der Waals surface area (Å²) in [6, 6.07) is 16.2. The number of nitrogens with one attached hydrogen (secondary N) is 1. The normalized spacial score (nSPS) is 10.1. The van der Waals surface area contributed by atoms with Crippen LogP contribution in [0.5, 0.6) is 0 Å². The molecule has 2 aromatic rings. The van der Waals surface area contributed by atoms with Gasteiger partial charge in [-0.05, 0) is 36.6 Å². The number of nitriles is 1. The van der Waals surface area contributed by atoms with Gasteiger partial charge < -0.3 is 10.1 Å². The first-order valence-electron chi connectivity index (χ1n) is 7.14. The summed E-state index contributed by atoms with van der Waals surface area (Å²) in [5.41, 5.74) is 5.04. The summed E-state index contributed by atoms with van der Waals surface area (Å²) in [7, 11) is 0. The van der Waals surface area contributed by atoms with Crippen molar-refractivity contribution in [2.75, 3.05) is 11.9 Å². The molecule has 3 heteroatoms. The van der Waals surface area contributed by atoms with Crippen LogP contribution in [0.4, 0.5) is 5.69 Å². The molecule has 0 radical (unpaired) electrons. The lowest BCUT2D eigenvalue weighted by Gasteiger charge is -2.14. The van der Waals surface area contributed by atoms with E-state index in [0.717, 1.165) is 11.3 Å². The Labute approximate surface area is 126 Å². The minimum atomic E-state index is 0.618. The minimum Gasteiger partial charge on any atom is -0.380 e. The highest BCUT2D eigenvalue weighted by Crippen LogP contribution is 2.21. The van der Waals surface area contributed by atoms with Crippen LogP contribution >= 0.6 is 0 Å². The average molecular weight is 280 g/mol. The first-order valence-corrected chi connectivity index (χ1v) is 7.14. The Morgan fingerprint density at radius 2 is 1.86 bits per heavy atom. The number of aryl methyl sites for hydroxylation is 1. The number of anilines is 1. The highest BCUT2D eigenvalue weighted by molar-refractivity contribution is 5.62. The van der Waals surface area contributed by atoms with Crippen molar-refractivity contribution in [2.24, 2.45) is 0 Å². The Kier molecular flexibility index (Phi) is 5.36. The van der Waals surface area contributed by atoms with E-state index in [4.69, 9.17) is 4.74 Å². The predicted octanol–water partition coefficient (Wildman–Crippen LogP) is 4.02. The molecule has 0 aliphatic carbocycles. The number of para-hydroxylation sites is 1. The van der Waals surface area contributed by atoms with Crippen LogP contribution in [-0.2, 0) is 17.9 Å². The predicted molar refractivity (Wildman–Crippen MR) is 85.0 cm³/mol. The average Bonchev–Trinajstić information content (AvgIpc) is 2.52. The number of benzene rings is 2. The summed E-state index contributed by atoms with van der Waals surface area (Å²) < 4.78 is 5.50. The topological polar surface area (TPSA) is 45.0 Å². The second-order valence-electron chi connectivity index (χ2n) is 4.87. The van der Waals surface area contributed by atoms with Crippen LogP contribution in [0.15, 0.2) is 42.5 Å². The van der Waals surface area contributed by atoms with E-state index >= 15 is 0 Å². The molecule has 0 aliphatic heterocycles. The summed E-state index contributed by atoms with van der Waals surface area (Å²) in [6.45, 7) is 6.01. The zero-order valence-electron chi connectivity index (χ0n) is 12.5. The maximum Gasteiger partial charge on any atom is 0.101 e. The Bertz CT molecular complexity index is 644. The molecule has 0 aliphatic rings. The molecule has 0 bridgehead atoms. The van der Waals surface area contributed by atoms with Crippen LogP contribution in [0.1, 0.15) is 29.2 Å². The van der Waals surface area contributed by atoms with Crippen molar-refractivity contribution >= 4 is 5.69 Å². The van der Waals surface area contributed by atoms with Crippen LogP contribution in [-0.4, -0.2) is 6.61 Å². The van der Waals surface area contributed by atoms with Gasteiger partial charge in [0, 0.05) is 13.2 Å². The first-order chi connectivity index (χ1) is 10.3. The summed E-state index contributed by atoms with van der Waals surface area (Å²) in [6.07, 6.45) is 0. The van der Waals surface area contributed by atoms with Gasteiger partial charge in [-0.25, -0.2) is 0 Å². The zero-order chi connectivity index (χ0) is 15.1. The minimum absolute atomic E-state index is 0.618. The fourth-order valence-corrected chi connectivity index (χ4v) is 2.26. The number of rotatable bonds is 6. The third kappa shape index (κ3) is 3.84. The third-order valence-electron chi connectivity index (χ3n) is 3.43. The third-order valence-corrected chi connectivity index (χ3v) is 3.43. The molecule has 0 amide bonds. The van der Waals surface area contributed by atoms with Crippen LogP contribution in [0, 0.1) is 18.3 Å². The standard InChI is InChI=1S/C18H20N2O/c1-3-21-13-17-9-5-4-8-16(17)12-20-18-14(2)7-6-10-15(18)11-19/h4-10,20H,3,12-13H2,1-2H3. The fourth-order valence-electron chi connectivity index (χ4n) is 2.26. The van der Waals surface area contributed by atoms with Gasteiger partial charge in [-0.1, -0.05) is 36.4 Å². The fraction of sp³-hybridized carbons (Fsp3) is 0.278. The highest BCUT2D eigenvalue weighted by Gasteiger charge is 2.06. The second-order valence-corrected chi connectivity index (χ2v) is 4.87. The Balaban J connectivity index is 2.16. The molecule has 0 heterocycles. The van der Waals surface area contributed by atoms with Crippen molar-refractivity contribution < 1.29 is 4.74 Å². The molecule has 1 N–H and O–H groups in total. The van der Waals surface area contributed by atoms with Gasteiger partial charge in [-0.15, -0.1) is 0 Å². The second kappa shape index (κ2) is 7.47. The molecule has 0 atom stereocenters. The monoisotopic (exact) mass is 280 g/mol. The smallest absolute Gasteiger partial charge is 0.101 e. The number of nitrogens with zero attached hydrogens (tertiary/aromatic N) is 1. The van der Waals surface area contributed by atoms with E-state index in [1.807, 2.05) is 44.2 Å². The summed E-state index contributed by atoms with van der Waals surface area (Å²) in [5, 5.41) is 12.6. The van der Waals surface area contributed by atoms with Crippen molar-refractivity contribution in [1.82, 2.24) is 0 Å². The largest absolute Gasteiger partial charge is 0.380 e. The van der Waals surface area contributed by atoms with Crippen molar-refractivity contribution in [1.29, 1.82) is 5.26 Å². The van der Waals surface area contributed by atoms with Crippen LogP contribution in [0.2, 0.25) is 0 Å². The number of hydrogen-bond acceptors (Lipinski definition) is 3. The van der Waals surface area contributed by atoms with E-state index < -0.39 is 0 Å². The lowest BCUT2D eigenvalue weighted by molar-refractivity contribution is 0.133. The summed E-state index contributed by atoms with van der Waals surface area (Å²) in [5.74, 6) is 0. The zero-order valence-corrected chi connectivity index (χ0v) is 12.5. The Morgan fingerprint density at radius 1 is 1.10 bits per heavy atom. The molecule has 2 aromatic carbocycles. The van der Waals surface area contributed by atoms with E-state index in [0.29, 0.717) is 25.3 Å². The number of ether oxygens (including phenoxy) is 1. The molecule has 3 nitrogen and oxygen atoms in total. The Hall–Kier alpha value is -2.31. The van der Waals surface area contributed by atoms with Crippen molar-refractivity contribution in [3.05, 3.63) is 64.7 Å². The van der Waals surface area contributed by atoms with Crippen molar-refractivity contribution in [2.45, 2.75) is 27.0 Å². The maximum absolute atomic E-state index is 9.20. The molecule has 0 saturated heterocycles. The van der Waals surface area contributed by atoms with Gasteiger partial charge in [0.1, 0.15) is 6.07 Å². The first kappa shape index (κ1) is 15.1. The summed E-state index contributed by atoms with van der Waals surface area (Å²) in [4.78, 5) is 0. The van der Waals surface area contributed by atoms with Gasteiger partial charge in [-0.2, -0.15) is 5.26 Å². The van der Waals surface area contributed by atoms with E-state index in [9.17, 15) is 5.26 Å². The van der Waals surface area contributed by atoms with Gasteiger partial charge in [0.2, 0.25) is 0 Å². The molecule has 0 aromatic heterocycles. The highest BCUT2D eigenvalue weighted by atomic mass is 16.5. The molecular weight excluding hydrogens is 260 g/mol. The Morgan fingerprint density at radius 3 is 2.57 bits per heavy atom. The quantitative estimate of drug-likeness (QED) is 0.869. The molecule has 0 fully saturated rings. The number of hydrogen-bond donors (Lipinski definition) is 1. The molecule has 0 saturated carbocycles. The molecule has 0 unspecified atom stereocenters. The van der Waals surface area contributed by atoms with Crippen LogP contribution in [0.3, 0.4) is 0 Å². The van der Waals surface area contributed by atoms with E-state index in [1.165, 1.54) is 11.1 Å². The van der Waals surface area contributed by atoms with Crippen LogP contribution < -0.4 is 5.32 Å². The van der Waals surface area contributed by atoms with E-state index in [-0.39, 0.29) is 0 Å². The lowest BCUT2D eigenvalue weighted by Crippen LogP contribution is -2.06. The maximum atomic E-state index is 9.20. The molecule has 2 rings (SSSR count). The van der Waals surface area contributed by atoms with Gasteiger partial charge in [0.05, 0.1) is 17.9 Å². The molecular formula is C18H20N2O. The molecule has 0 spiro atoms.